The van der Waals surface area contributed by atoms with Crippen LogP contribution in [-0.2, 0) is 4.79 Å². The Morgan fingerprint density at radius 1 is 1.50 bits per heavy atom. The average Bonchev–Trinajstić information content (AvgIpc) is 2.80. The van der Waals surface area contributed by atoms with Crippen molar-refractivity contribution in [3.05, 3.63) is 23.5 Å². The van der Waals surface area contributed by atoms with Crippen molar-refractivity contribution in [2.24, 2.45) is 0 Å². The fourth-order valence-corrected chi connectivity index (χ4v) is 2.70. The van der Waals surface area contributed by atoms with Crippen molar-refractivity contribution in [3.63, 3.8) is 0 Å². The van der Waals surface area contributed by atoms with Gasteiger partial charge in [0.2, 0.25) is 0 Å². The monoisotopic (exact) mass is 312 g/mol. The van der Waals surface area contributed by atoms with Gasteiger partial charge in [-0.05, 0) is 19.9 Å². The summed E-state index contributed by atoms with van der Waals surface area (Å²) >= 11 is 7.26. The van der Waals surface area contributed by atoms with Gasteiger partial charge in [-0.3, -0.25) is 14.3 Å². The summed E-state index contributed by atoms with van der Waals surface area (Å²) in [7, 11) is 0. The van der Waals surface area contributed by atoms with Crippen molar-refractivity contribution >= 4 is 29.3 Å². The zero-order valence-corrected chi connectivity index (χ0v) is 12.5. The number of aliphatic carboxylic acids is 1. The molecule has 0 amide bonds. The molecule has 0 saturated carbocycles. The van der Waals surface area contributed by atoms with Crippen molar-refractivity contribution < 1.29 is 9.90 Å². The zero-order valence-electron chi connectivity index (χ0n) is 10.9. The largest absolute Gasteiger partial charge is 0.481 e. The second-order valence-electron chi connectivity index (χ2n) is 4.31. The summed E-state index contributed by atoms with van der Waals surface area (Å²) in [6.07, 6.45) is 3.17. The Morgan fingerprint density at radius 3 is 2.85 bits per heavy atom. The van der Waals surface area contributed by atoms with Gasteiger partial charge in [-0.1, -0.05) is 23.4 Å². The van der Waals surface area contributed by atoms with Crippen LogP contribution in [-0.4, -0.2) is 36.6 Å². The molecular weight excluding hydrogens is 300 g/mol. The lowest BCUT2D eigenvalue weighted by atomic mass is 10.2. The Bertz CT molecular complexity index is 630. The molecule has 0 bridgehead atoms. The Labute approximate surface area is 125 Å². The van der Waals surface area contributed by atoms with E-state index in [-0.39, 0.29) is 11.8 Å². The van der Waals surface area contributed by atoms with Crippen LogP contribution in [0.1, 0.15) is 19.9 Å². The molecule has 0 aliphatic carbocycles. The highest BCUT2D eigenvalue weighted by atomic mass is 35.5. The Hall–Kier alpha value is -1.60. The number of thioether (sulfide) groups is 1. The van der Waals surface area contributed by atoms with E-state index in [1.807, 2.05) is 18.4 Å². The first-order valence-electron chi connectivity index (χ1n) is 5.90. The minimum Gasteiger partial charge on any atom is -0.481 e. The maximum atomic E-state index is 10.7. The maximum absolute atomic E-state index is 10.7. The first-order chi connectivity index (χ1) is 9.50. The number of nitrogens with zero attached hydrogens (tertiary/aromatic N) is 4. The first-order valence-corrected chi connectivity index (χ1v) is 7.26. The molecule has 0 atom stereocenters. The third kappa shape index (κ3) is 3.10. The van der Waals surface area contributed by atoms with Crippen molar-refractivity contribution in [3.8, 4) is 11.4 Å². The number of halogens is 1. The summed E-state index contributed by atoms with van der Waals surface area (Å²) in [6, 6.07) is 1.84. The van der Waals surface area contributed by atoms with E-state index in [0.29, 0.717) is 16.0 Å². The van der Waals surface area contributed by atoms with Crippen LogP contribution >= 0.6 is 23.4 Å². The first kappa shape index (κ1) is 14.8. The van der Waals surface area contributed by atoms with E-state index in [1.165, 1.54) is 0 Å². The second-order valence-corrected chi connectivity index (χ2v) is 5.66. The van der Waals surface area contributed by atoms with Gasteiger partial charge in [0, 0.05) is 24.0 Å². The van der Waals surface area contributed by atoms with E-state index in [2.05, 4.69) is 15.2 Å². The summed E-state index contributed by atoms with van der Waals surface area (Å²) in [5.41, 5.74) is 0.727. The molecule has 0 spiro atoms. The highest BCUT2D eigenvalue weighted by Gasteiger charge is 2.19. The van der Waals surface area contributed by atoms with E-state index < -0.39 is 5.97 Å². The van der Waals surface area contributed by atoms with Gasteiger partial charge < -0.3 is 5.11 Å². The standard InChI is InChI=1S/C12H13ClN4O2S/c1-7(2)17-11(8-3-4-14-5-9(8)13)15-16-12(17)20-6-10(18)19/h3-5,7H,6H2,1-2H3,(H,18,19). The lowest BCUT2D eigenvalue weighted by molar-refractivity contribution is -0.133. The molecule has 0 fully saturated rings. The van der Waals surface area contributed by atoms with E-state index >= 15 is 0 Å². The number of pyridine rings is 1. The van der Waals surface area contributed by atoms with Gasteiger partial charge in [-0.15, -0.1) is 10.2 Å². The van der Waals surface area contributed by atoms with Crippen LogP contribution < -0.4 is 0 Å². The van der Waals surface area contributed by atoms with Crippen molar-refractivity contribution in [2.45, 2.75) is 25.0 Å². The number of aromatic nitrogens is 4. The molecule has 0 aliphatic rings. The number of hydrogen-bond donors (Lipinski definition) is 1. The normalized spacial score (nSPS) is 11.0. The lowest BCUT2D eigenvalue weighted by Crippen LogP contribution is -2.07. The molecule has 0 radical (unpaired) electrons. The van der Waals surface area contributed by atoms with Crippen LogP contribution in [0.25, 0.3) is 11.4 Å². The smallest absolute Gasteiger partial charge is 0.313 e. The zero-order chi connectivity index (χ0) is 14.7. The van der Waals surface area contributed by atoms with Crippen LogP contribution in [0, 0.1) is 0 Å². The van der Waals surface area contributed by atoms with Gasteiger partial charge in [0.1, 0.15) is 0 Å². The van der Waals surface area contributed by atoms with E-state index in [4.69, 9.17) is 16.7 Å². The van der Waals surface area contributed by atoms with Crippen molar-refractivity contribution in [2.75, 3.05) is 5.75 Å². The van der Waals surface area contributed by atoms with Crippen molar-refractivity contribution in [1.29, 1.82) is 0 Å². The molecule has 2 aromatic rings. The number of carboxylic acid groups (broad SMARTS) is 1. The molecule has 6 nitrogen and oxygen atoms in total. The van der Waals surface area contributed by atoms with Gasteiger partial charge in [0.05, 0.1) is 10.8 Å². The van der Waals surface area contributed by atoms with Crippen LogP contribution in [0.5, 0.6) is 0 Å². The minimum atomic E-state index is -0.892. The van der Waals surface area contributed by atoms with Crippen LogP contribution in [0.2, 0.25) is 5.02 Å². The third-order valence-corrected chi connectivity index (χ3v) is 3.75. The summed E-state index contributed by atoms with van der Waals surface area (Å²) in [5.74, 6) is -0.341. The van der Waals surface area contributed by atoms with E-state index in [1.54, 1.807) is 18.5 Å². The molecule has 0 aromatic carbocycles. The van der Waals surface area contributed by atoms with Crippen molar-refractivity contribution in [1.82, 2.24) is 19.7 Å². The van der Waals surface area contributed by atoms with E-state index in [9.17, 15) is 4.79 Å². The molecule has 2 rings (SSSR count). The Morgan fingerprint density at radius 2 is 2.25 bits per heavy atom. The number of hydrogen-bond acceptors (Lipinski definition) is 5. The molecule has 20 heavy (non-hydrogen) atoms. The molecular formula is C12H13ClN4O2S. The molecule has 106 valence electrons. The lowest BCUT2D eigenvalue weighted by Gasteiger charge is -2.13. The predicted octanol–water partition coefficient (Wildman–Crippen LogP) is 2.75. The Balaban J connectivity index is 2.44. The maximum Gasteiger partial charge on any atom is 0.313 e. The number of rotatable bonds is 5. The van der Waals surface area contributed by atoms with Gasteiger partial charge in [-0.2, -0.15) is 0 Å². The quantitative estimate of drug-likeness (QED) is 0.855. The summed E-state index contributed by atoms with van der Waals surface area (Å²) in [4.78, 5) is 14.6. The molecule has 0 unspecified atom stereocenters. The fourth-order valence-electron chi connectivity index (χ4n) is 1.71. The van der Waals surface area contributed by atoms with Crippen LogP contribution in [0.15, 0.2) is 23.6 Å². The van der Waals surface area contributed by atoms with Gasteiger partial charge in [0.25, 0.3) is 0 Å². The second kappa shape index (κ2) is 6.23. The minimum absolute atomic E-state index is 0.0606. The molecule has 8 heteroatoms. The van der Waals surface area contributed by atoms with Gasteiger partial charge >= 0.3 is 5.97 Å². The SMILES string of the molecule is CC(C)n1c(SCC(=O)O)nnc1-c1ccncc1Cl. The van der Waals surface area contributed by atoms with Crippen LogP contribution in [0.3, 0.4) is 0 Å². The highest BCUT2D eigenvalue weighted by Crippen LogP contribution is 2.31. The van der Waals surface area contributed by atoms with Gasteiger partial charge in [-0.25, -0.2) is 0 Å². The summed E-state index contributed by atoms with van der Waals surface area (Å²) < 4.78 is 1.87. The number of carbonyl (C=O) groups is 1. The topological polar surface area (TPSA) is 80.9 Å². The third-order valence-electron chi connectivity index (χ3n) is 2.52. The van der Waals surface area contributed by atoms with Crippen LogP contribution in [0.4, 0.5) is 0 Å². The summed E-state index contributed by atoms with van der Waals surface area (Å²) in [5, 5.41) is 18.0. The Kier molecular flexibility index (Phi) is 4.61. The number of carboxylic acids is 1. The molecule has 1 N–H and O–H groups in total. The molecule has 0 saturated heterocycles. The molecule has 2 aromatic heterocycles. The fraction of sp³-hybridized carbons (Fsp3) is 0.333. The van der Waals surface area contributed by atoms with Gasteiger partial charge in [0.15, 0.2) is 11.0 Å². The van der Waals surface area contributed by atoms with E-state index in [0.717, 1.165) is 17.3 Å². The summed E-state index contributed by atoms with van der Waals surface area (Å²) in [6.45, 7) is 3.96. The molecule has 2 heterocycles. The predicted molar refractivity (Wildman–Crippen MR) is 77.0 cm³/mol. The molecule has 0 aliphatic heterocycles. The average molecular weight is 313 g/mol. The highest BCUT2D eigenvalue weighted by molar-refractivity contribution is 7.99.